The van der Waals surface area contributed by atoms with Crippen molar-refractivity contribution < 1.29 is 4.74 Å². The van der Waals surface area contributed by atoms with Gasteiger partial charge in [-0.15, -0.1) is 0 Å². The van der Waals surface area contributed by atoms with Gasteiger partial charge in [0.1, 0.15) is 12.4 Å². The highest BCUT2D eigenvalue weighted by Gasteiger charge is 1.99. The molecule has 1 atom stereocenters. The van der Waals surface area contributed by atoms with E-state index in [-0.39, 0.29) is 6.04 Å². The Morgan fingerprint density at radius 3 is 2.53 bits per heavy atom. The normalized spacial score (nSPS) is 12.1. The minimum absolute atomic E-state index is 0.0491. The molecule has 2 N–H and O–H groups in total. The number of nitrogens with zero attached hydrogens (tertiary/aromatic N) is 1. The summed E-state index contributed by atoms with van der Waals surface area (Å²) in [7, 11) is 0. The second kappa shape index (κ2) is 5.46. The van der Waals surface area contributed by atoms with Crippen molar-refractivity contribution in [2.75, 3.05) is 6.61 Å². The average Bonchev–Trinajstić information content (AvgIpc) is 2.38. The lowest BCUT2D eigenvalue weighted by molar-refractivity contribution is 0.296. The van der Waals surface area contributed by atoms with E-state index in [9.17, 15) is 0 Å². The maximum atomic E-state index is 5.63. The second-order valence-electron chi connectivity index (χ2n) is 4.05. The number of pyridine rings is 1. The van der Waals surface area contributed by atoms with E-state index in [2.05, 4.69) is 4.98 Å². The number of ether oxygens (including phenoxy) is 1. The van der Waals surface area contributed by atoms with E-state index in [1.807, 2.05) is 49.5 Å². The third-order valence-corrected chi connectivity index (χ3v) is 2.36. The van der Waals surface area contributed by atoms with Crippen LogP contribution in [0.2, 0.25) is 0 Å². The first-order valence-electron chi connectivity index (χ1n) is 5.64. The van der Waals surface area contributed by atoms with Crippen molar-refractivity contribution >= 4 is 0 Å². The van der Waals surface area contributed by atoms with E-state index in [1.54, 1.807) is 6.20 Å². The summed E-state index contributed by atoms with van der Waals surface area (Å²) in [6, 6.07) is 11.9. The molecule has 0 aliphatic rings. The van der Waals surface area contributed by atoms with Gasteiger partial charge in [-0.3, -0.25) is 4.98 Å². The van der Waals surface area contributed by atoms with Crippen LogP contribution < -0.4 is 10.5 Å². The van der Waals surface area contributed by atoms with Gasteiger partial charge in [0.2, 0.25) is 0 Å². The Morgan fingerprint density at radius 2 is 1.94 bits per heavy atom. The Hall–Kier alpha value is -1.87. The Bertz CT molecular complexity index is 451. The maximum Gasteiger partial charge on any atom is 0.119 e. The van der Waals surface area contributed by atoms with Crippen molar-refractivity contribution in [2.24, 2.45) is 5.73 Å². The summed E-state index contributed by atoms with van der Waals surface area (Å²) >= 11 is 0. The summed E-state index contributed by atoms with van der Waals surface area (Å²) in [4.78, 5) is 4.10. The molecule has 2 rings (SSSR count). The van der Waals surface area contributed by atoms with Crippen LogP contribution in [0.15, 0.2) is 48.8 Å². The third kappa shape index (κ3) is 3.29. The molecule has 1 unspecified atom stereocenters. The number of aromatic nitrogens is 1. The van der Waals surface area contributed by atoms with Gasteiger partial charge >= 0.3 is 0 Å². The zero-order chi connectivity index (χ0) is 12.1. The van der Waals surface area contributed by atoms with Crippen molar-refractivity contribution in [3.05, 3.63) is 48.8 Å². The molecule has 0 fully saturated rings. The molecule has 3 nitrogen and oxygen atoms in total. The molecule has 3 heteroatoms. The lowest BCUT2D eigenvalue weighted by Gasteiger charge is -2.09. The second-order valence-corrected chi connectivity index (χ2v) is 4.05. The first kappa shape index (κ1) is 11.6. The zero-order valence-corrected chi connectivity index (χ0v) is 9.84. The van der Waals surface area contributed by atoms with Crippen LogP contribution in [0, 0.1) is 0 Å². The van der Waals surface area contributed by atoms with Gasteiger partial charge in [-0.05, 0) is 36.2 Å². The fourth-order valence-electron chi connectivity index (χ4n) is 1.50. The molecular weight excluding hydrogens is 212 g/mol. The monoisotopic (exact) mass is 228 g/mol. The SMILES string of the molecule is CC(N)COc1ccc(-c2cccnc2)cc1. The molecule has 0 aliphatic carbocycles. The highest BCUT2D eigenvalue weighted by molar-refractivity contribution is 5.62. The summed E-state index contributed by atoms with van der Waals surface area (Å²) in [5.41, 5.74) is 7.86. The molecule has 0 amide bonds. The van der Waals surface area contributed by atoms with E-state index < -0.39 is 0 Å². The number of hydrogen-bond donors (Lipinski definition) is 1. The van der Waals surface area contributed by atoms with E-state index >= 15 is 0 Å². The topological polar surface area (TPSA) is 48.1 Å². The first-order valence-corrected chi connectivity index (χ1v) is 5.64. The molecule has 1 aromatic heterocycles. The Balaban J connectivity index is 2.08. The molecule has 17 heavy (non-hydrogen) atoms. The van der Waals surface area contributed by atoms with E-state index in [0.29, 0.717) is 6.61 Å². The molecule has 0 saturated heterocycles. The Labute approximate surface area is 101 Å². The summed E-state index contributed by atoms with van der Waals surface area (Å²) in [6.45, 7) is 2.45. The van der Waals surface area contributed by atoms with Gasteiger partial charge < -0.3 is 10.5 Å². The summed E-state index contributed by atoms with van der Waals surface area (Å²) in [5.74, 6) is 0.843. The zero-order valence-electron chi connectivity index (χ0n) is 9.84. The van der Waals surface area contributed by atoms with Crippen LogP contribution in [0.3, 0.4) is 0 Å². The molecule has 88 valence electrons. The third-order valence-electron chi connectivity index (χ3n) is 2.36. The predicted octanol–water partition coefficient (Wildman–Crippen LogP) is 2.47. The fourth-order valence-corrected chi connectivity index (χ4v) is 1.50. The van der Waals surface area contributed by atoms with Crippen molar-refractivity contribution in [2.45, 2.75) is 13.0 Å². The minimum atomic E-state index is 0.0491. The summed E-state index contributed by atoms with van der Waals surface area (Å²) in [6.07, 6.45) is 3.61. The van der Waals surface area contributed by atoms with Gasteiger partial charge in [0.25, 0.3) is 0 Å². The van der Waals surface area contributed by atoms with Crippen LogP contribution >= 0.6 is 0 Å². The van der Waals surface area contributed by atoms with E-state index in [1.165, 1.54) is 0 Å². The number of benzene rings is 1. The van der Waals surface area contributed by atoms with Crippen LogP contribution in [0.1, 0.15) is 6.92 Å². The van der Waals surface area contributed by atoms with Gasteiger partial charge in [-0.2, -0.15) is 0 Å². The average molecular weight is 228 g/mol. The van der Waals surface area contributed by atoms with E-state index in [4.69, 9.17) is 10.5 Å². The fraction of sp³-hybridized carbons (Fsp3) is 0.214. The van der Waals surface area contributed by atoms with Crippen LogP contribution in [-0.4, -0.2) is 17.6 Å². The predicted molar refractivity (Wildman–Crippen MR) is 68.8 cm³/mol. The number of hydrogen-bond acceptors (Lipinski definition) is 3. The molecule has 0 spiro atoms. The van der Waals surface area contributed by atoms with Crippen LogP contribution in [-0.2, 0) is 0 Å². The van der Waals surface area contributed by atoms with Gasteiger partial charge in [0.15, 0.2) is 0 Å². The largest absolute Gasteiger partial charge is 0.492 e. The standard InChI is InChI=1S/C14H16N2O/c1-11(15)10-17-14-6-4-12(5-7-14)13-3-2-8-16-9-13/h2-9,11H,10,15H2,1H3. The summed E-state index contributed by atoms with van der Waals surface area (Å²) in [5, 5.41) is 0. The quantitative estimate of drug-likeness (QED) is 0.874. The Kier molecular flexibility index (Phi) is 3.73. The molecule has 0 radical (unpaired) electrons. The number of rotatable bonds is 4. The van der Waals surface area contributed by atoms with Crippen molar-refractivity contribution in [1.82, 2.24) is 4.98 Å². The lowest BCUT2D eigenvalue weighted by Crippen LogP contribution is -2.23. The van der Waals surface area contributed by atoms with Crippen LogP contribution in [0.5, 0.6) is 5.75 Å². The van der Waals surface area contributed by atoms with Gasteiger partial charge in [-0.25, -0.2) is 0 Å². The minimum Gasteiger partial charge on any atom is -0.492 e. The van der Waals surface area contributed by atoms with Gasteiger partial charge in [0, 0.05) is 18.4 Å². The molecule has 0 bridgehead atoms. The van der Waals surface area contributed by atoms with Crippen LogP contribution in [0.4, 0.5) is 0 Å². The van der Waals surface area contributed by atoms with Crippen molar-refractivity contribution in [3.63, 3.8) is 0 Å². The highest BCUT2D eigenvalue weighted by atomic mass is 16.5. The molecule has 1 aromatic carbocycles. The Morgan fingerprint density at radius 1 is 1.18 bits per heavy atom. The van der Waals surface area contributed by atoms with Crippen molar-refractivity contribution in [3.8, 4) is 16.9 Å². The van der Waals surface area contributed by atoms with Crippen LogP contribution in [0.25, 0.3) is 11.1 Å². The summed E-state index contributed by atoms with van der Waals surface area (Å²) < 4.78 is 5.52. The molecule has 2 aromatic rings. The number of nitrogens with two attached hydrogens (primary N) is 1. The first-order chi connectivity index (χ1) is 8.25. The maximum absolute atomic E-state index is 5.63. The lowest BCUT2D eigenvalue weighted by atomic mass is 10.1. The highest BCUT2D eigenvalue weighted by Crippen LogP contribution is 2.21. The smallest absolute Gasteiger partial charge is 0.119 e. The molecule has 1 heterocycles. The molecule has 0 aliphatic heterocycles. The molecular formula is C14H16N2O. The van der Waals surface area contributed by atoms with Gasteiger partial charge in [-0.1, -0.05) is 18.2 Å². The van der Waals surface area contributed by atoms with Gasteiger partial charge in [0.05, 0.1) is 0 Å². The van der Waals surface area contributed by atoms with E-state index in [0.717, 1.165) is 16.9 Å². The van der Waals surface area contributed by atoms with Crippen molar-refractivity contribution in [1.29, 1.82) is 0 Å². The molecule has 0 saturated carbocycles.